The van der Waals surface area contributed by atoms with Crippen LogP contribution in [0.4, 0.5) is 11.6 Å². The quantitative estimate of drug-likeness (QED) is 0.921. The SMILES string of the molecule is CCN(CC)c1nccc(C(=O)Nc2ccc(Cl)cc2)n1. The molecule has 0 bridgehead atoms. The van der Waals surface area contributed by atoms with Crippen LogP contribution in [0.2, 0.25) is 5.02 Å². The fourth-order valence-electron chi connectivity index (χ4n) is 1.86. The minimum absolute atomic E-state index is 0.270. The number of nitrogens with zero attached hydrogens (tertiary/aromatic N) is 3. The van der Waals surface area contributed by atoms with Crippen LogP contribution >= 0.6 is 11.6 Å². The lowest BCUT2D eigenvalue weighted by Crippen LogP contribution is -2.25. The molecule has 1 amide bonds. The first-order valence-corrected chi connectivity index (χ1v) is 7.16. The molecule has 21 heavy (non-hydrogen) atoms. The number of nitrogens with one attached hydrogen (secondary N) is 1. The lowest BCUT2D eigenvalue weighted by atomic mass is 10.3. The molecule has 1 aromatic heterocycles. The van der Waals surface area contributed by atoms with Crippen LogP contribution in [0.3, 0.4) is 0 Å². The maximum absolute atomic E-state index is 12.2. The summed E-state index contributed by atoms with van der Waals surface area (Å²) in [5.41, 5.74) is 1.01. The molecule has 5 nitrogen and oxygen atoms in total. The largest absolute Gasteiger partial charge is 0.341 e. The summed E-state index contributed by atoms with van der Waals surface area (Å²) in [4.78, 5) is 22.7. The van der Waals surface area contributed by atoms with Gasteiger partial charge >= 0.3 is 0 Å². The van der Waals surface area contributed by atoms with Crippen molar-refractivity contribution >= 4 is 29.1 Å². The van der Waals surface area contributed by atoms with Crippen LogP contribution < -0.4 is 10.2 Å². The molecule has 0 atom stereocenters. The van der Waals surface area contributed by atoms with Crippen LogP contribution in [0.15, 0.2) is 36.5 Å². The molecule has 0 unspecified atom stereocenters. The van der Waals surface area contributed by atoms with Gasteiger partial charge in [-0.2, -0.15) is 0 Å². The van der Waals surface area contributed by atoms with Crippen LogP contribution in [-0.4, -0.2) is 29.0 Å². The van der Waals surface area contributed by atoms with E-state index in [1.165, 1.54) is 0 Å². The summed E-state index contributed by atoms with van der Waals surface area (Å²) in [6.45, 7) is 5.62. The molecular weight excluding hydrogens is 288 g/mol. The average Bonchev–Trinajstić information content (AvgIpc) is 2.51. The van der Waals surface area contributed by atoms with Crippen LogP contribution in [0.25, 0.3) is 0 Å². The fourth-order valence-corrected chi connectivity index (χ4v) is 1.99. The van der Waals surface area contributed by atoms with Crippen molar-refractivity contribution < 1.29 is 4.79 Å². The smallest absolute Gasteiger partial charge is 0.274 e. The third kappa shape index (κ3) is 3.92. The summed E-state index contributed by atoms with van der Waals surface area (Å²) in [6.07, 6.45) is 1.59. The van der Waals surface area contributed by atoms with Gasteiger partial charge in [-0.25, -0.2) is 9.97 Å². The lowest BCUT2D eigenvalue weighted by molar-refractivity contribution is 0.102. The van der Waals surface area contributed by atoms with Crippen molar-refractivity contribution in [3.05, 3.63) is 47.2 Å². The van der Waals surface area contributed by atoms with Crippen molar-refractivity contribution in [1.82, 2.24) is 9.97 Å². The van der Waals surface area contributed by atoms with Gasteiger partial charge in [0.05, 0.1) is 0 Å². The van der Waals surface area contributed by atoms with E-state index >= 15 is 0 Å². The highest BCUT2D eigenvalue weighted by Crippen LogP contribution is 2.14. The minimum Gasteiger partial charge on any atom is -0.341 e. The molecule has 0 radical (unpaired) electrons. The standard InChI is InChI=1S/C15H17ClN4O/c1-3-20(4-2)15-17-10-9-13(19-15)14(21)18-12-7-5-11(16)6-8-12/h5-10H,3-4H2,1-2H3,(H,18,21). The van der Waals surface area contributed by atoms with Crippen molar-refractivity contribution in [2.75, 3.05) is 23.3 Å². The molecule has 0 saturated carbocycles. The Morgan fingerprint density at radius 2 is 1.86 bits per heavy atom. The summed E-state index contributed by atoms with van der Waals surface area (Å²) in [7, 11) is 0. The lowest BCUT2D eigenvalue weighted by Gasteiger charge is -2.18. The number of amides is 1. The number of aromatic nitrogens is 2. The number of anilines is 2. The van der Waals surface area contributed by atoms with Gasteiger partial charge in [0.25, 0.3) is 5.91 Å². The summed E-state index contributed by atoms with van der Waals surface area (Å²) in [5.74, 6) is 0.289. The molecule has 6 heteroatoms. The Hall–Kier alpha value is -2.14. The molecule has 1 heterocycles. The normalized spacial score (nSPS) is 10.2. The molecule has 1 N–H and O–H groups in total. The van der Waals surface area contributed by atoms with E-state index in [1.54, 1.807) is 36.5 Å². The molecule has 0 spiro atoms. The van der Waals surface area contributed by atoms with E-state index in [-0.39, 0.29) is 5.91 Å². The zero-order valence-electron chi connectivity index (χ0n) is 12.0. The van der Waals surface area contributed by atoms with E-state index < -0.39 is 0 Å². The van der Waals surface area contributed by atoms with E-state index in [1.807, 2.05) is 18.7 Å². The zero-order chi connectivity index (χ0) is 15.2. The molecule has 0 aliphatic carbocycles. The van der Waals surface area contributed by atoms with Gasteiger partial charge < -0.3 is 10.2 Å². The second-order valence-electron chi connectivity index (χ2n) is 4.38. The van der Waals surface area contributed by atoms with E-state index in [9.17, 15) is 4.79 Å². The molecule has 1 aromatic carbocycles. The molecular formula is C15H17ClN4O. The Balaban J connectivity index is 2.15. The van der Waals surface area contributed by atoms with Gasteiger partial charge in [-0.1, -0.05) is 11.6 Å². The Morgan fingerprint density at radius 3 is 2.48 bits per heavy atom. The molecule has 110 valence electrons. The first kappa shape index (κ1) is 15.3. The monoisotopic (exact) mass is 304 g/mol. The van der Waals surface area contributed by atoms with Gasteiger partial charge in [0.2, 0.25) is 5.95 Å². The summed E-state index contributed by atoms with van der Waals surface area (Å²) < 4.78 is 0. The predicted octanol–water partition coefficient (Wildman–Crippen LogP) is 3.23. The summed E-state index contributed by atoms with van der Waals surface area (Å²) in [6, 6.07) is 8.52. The Labute approximate surface area is 129 Å². The molecule has 2 aromatic rings. The van der Waals surface area contributed by atoms with Crippen molar-refractivity contribution in [1.29, 1.82) is 0 Å². The molecule has 0 aliphatic heterocycles. The van der Waals surface area contributed by atoms with E-state index in [0.29, 0.717) is 22.4 Å². The van der Waals surface area contributed by atoms with Crippen molar-refractivity contribution in [2.24, 2.45) is 0 Å². The summed E-state index contributed by atoms with van der Waals surface area (Å²) >= 11 is 5.81. The topological polar surface area (TPSA) is 58.1 Å². The highest BCUT2D eigenvalue weighted by Gasteiger charge is 2.11. The first-order chi connectivity index (χ1) is 10.1. The zero-order valence-corrected chi connectivity index (χ0v) is 12.8. The van der Waals surface area contributed by atoms with Gasteiger partial charge in [-0.05, 0) is 44.2 Å². The fraction of sp³-hybridized carbons (Fsp3) is 0.267. The maximum atomic E-state index is 12.2. The van der Waals surface area contributed by atoms with Gasteiger partial charge in [-0.15, -0.1) is 0 Å². The first-order valence-electron chi connectivity index (χ1n) is 6.79. The Morgan fingerprint density at radius 1 is 1.19 bits per heavy atom. The van der Waals surface area contributed by atoms with Gasteiger partial charge in [-0.3, -0.25) is 4.79 Å². The second-order valence-corrected chi connectivity index (χ2v) is 4.81. The Kier molecular flexibility index (Phi) is 5.11. The average molecular weight is 305 g/mol. The van der Waals surface area contributed by atoms with Crippen molar-refractivity contribution in [3.8, 4) is 0 Å². The highest BCUT2D eigenvalue weighted by atomic mass is 35.5. The molecule has 0 fully saturated rings. The number of hydrogen-bond donors (Lipinski definition) is 1. The number of benzene rings is 1. The van der Waals surface area contributed by atoms with Crippen molar-refractivity contribution in [3.63, 3.8) is 0 Å². The number of rotatable bonds is 5. The van der Waals surface area contributed by atoms with E-state index in [4.69, 9.17) is 11.6 Å². The summed E-state index contributed by atoms with van der Waals surface area (Å²) in [5, 5.41) is 3.41. The number of hydrogen-bond acceptors (Lipinski definition) is 4. The maximum Gasteiger partial charge on any atom is 0.274 e. The number of carbonyl (C=O) groups is 1. The second kappa shape index (κ2) is 7.04. The Bertz CT molecular complexity index is 611. The predicted molar refractivity (Wildman–Crippen MR) is 85.0 cm³/mol. The van der Waals surface area contributed by atoms with Crippen molar-refractivity contribution in [2.45, 2.75) is 13.8 Å². The van der Waals surface area contributed by atoms with Gasteiger partial charge in [0, 0.05) is 30.0 Å². The number of carbonyl (C=O) groups excluding carboxylic acids is 1. The van der Waals surface area contributed by atoms with Gasteiger partial charge in [0.15, 0.2) is 0 Å². The highest BCUT2D eigenvalue weighted by molar-refractivity contribution is 6.30. The van der Waals surface area contributed by atoms with Crippen LogP contribution in [0, 0.1) is 0 Å². The third-order valence-electron chi connectivity index (χ3n) is 3.02. The molecule has 0 aliphatic rings. The third-order valence-corrected chi connectivity index (χ3v) is 3.28. The van der Waals surface area contributed by atoms with Crippen LogP contribution in [0.5, 0.6) is 0 Å². The van der Waals surface area contributed by atoms with Crippen LogP contribution in [-0.2, 0) is 0 Å². The number of halogens is 1. The minimum atomic E-state index is -0.270. The van der Waals surface area contributed by atoms with Crippen LogP contribution in [0.1, 0.15) is 24.3 Å². The van der Waals surface area contributed by atoms with Gasteiger partial charge in [0.1, 0.15) is 5.69 Å². The molecule has 0 saturated heterocycles. The van der Waals surface area contributed by atoms with E-state index in [2.05, 4.69) is 15.3 Å². The van der Waals surface area contributed by atoms with E-state index in [0.717, 1.165) is 13.1 Å². The molecule has 2 rings (SSSR count).